The van der Waals surface area contributed by atoms with Gasteiger partial charge in [0.25, 0.3) is 5.91 Å². The van der Waals surface area contributed by atoms with Crippen molar-refractivity contribution in [1.82, 2.24) is 15.5 Å². The van der Waals surface area contributed by atoms with Crippen LogP contribution in [0.5, 0.6) is 0 Å². The van der Waals surface area contributed by atoms with E-state index >= 15 is 0 Å². The molecule has 4 aliphatic rings. The zero-order chi connectivity index (χ0) is 20.2. The summed E-state index contributed by atoms with van der Waals surface area (Å²) >= 11 is 0. The number of nitrogens with two attached hydrogens (primary N) is 1. The Morgan fingerprint density at radius 2 is 2.07 bits per heavy atom. The smallest absolute Gasteiger partial charge is 0.255 e. The first-order valence-electron chi connectivity index (χ1n) is 10.7. The number of piperidine rings is 1. The Hall–Kier alpha value is -2.25. The van der Waals surface area contributed by atoms with Gasteiger partial charge in [0, 0.05) is 31.1 Å². The van der Waals surface area contributed by atoms with Gasteiger partial charge in [-0.3, -0.25) is 19.7 Å². The molecular weight excluding hydrogens is 368 g/mol. The molecule has 2 aliphatic heterocycles. The normalized spacial score (nSPS) is 30.0. The minimum atomic E-state index is -0.566. The number of fused-ring (bicyclic) bond motifs is 1. The highest BCUT2D eigenvalue weighted by molar-refractivity contribution is 6.05. The maximum atomic E-state index is 13.2. The number of hydrogen-bond acceptors (Lipinski definition) is 5. The first-order chi connectivity index (χ1) is 14.0. The van der Waals surface area contributed by atoms with Crippen LogP contribution in [0.15, 0.2) is 18.2 Å². The first-order valence-corrected chi connectivity index (χ1v) is 10.7. The van der Waals surface area contributed by atoms with Crippen molar-refractivity contribution in [3.63, 3.8) is 0 Å². The van der Waals surface area contributed by atoms with Gasteiger partial charge in [0.05, 0.1) is 0 Å². The van der Waals surface area contributed by atoms with E-state index in [4.69, 9.17) is 5.73 Å². The molecule has 5 rings (SSSR count). The molecular formula is C22H28N4O3. The van der Waals surface area contributed by atoms with Crippen molar-refractivity contribution in [3.8, 4) is 0 Å². The van der Waals surface area contributed by atoms with Crippen LogP contribution in [0.4, 0.5) is 0 Å². The van der Waals surface area contributed by atoms with Crippen LogP contribution in [-0.2, 0) is 22.7 Å². The summed E-state index contributed by atoms with van der Waals surface area (Å²) < 4.78 is 0. The summed E-state index contributed by atoms with van der Waals surface area (Å²) in [7, 11) is 0. The second kappa shape index (κ2) is 6.92. The van der Waals surface area contributed by atoms with Crippen molar-refractivity contribution in [2.75, 3.05) is 6.54 Å². The number of nitrogens with one attached hydrogen (secondary N) is 2. The van der Waals surface area contributed by atoms with Gasteiger partial charge >= 0.3 is 0 Å². The van der Waals surface area contributed by atoms with Crippen molar-refractivity contribution >= 4 is 17.7 Å². The van der Waals surface area contributed by atoms with Crippen LogP contribution in [0, 0.1) is 11.3 Å². The topological polar surface area (TPSA) is 105 Å². The van der Waals surface area contributed by atoms with Crippen LogP contribution in [0.2, 0.25) is 0 Å². The molecule has 7 heteroatoms. The van der Waals surface area contributed by atoms with E-state index in [1.807, 2.05) is 18.2 Å². The predicted octanol–water partition coefficient (Wildman–Crippen LogP) is 1.05. The van der Waals surface area contributed by atoms with Crippen LogP contribution in [0.25, 0.3) is 0 Å². The van der Waals surface area contributed by atoms with Gasteiger partial charge in [-0.25, -0.2) is 0 Å². The summed E-state index contributed by atoms with van der Waals surface area (Å²) in [4.78, 5) is 38.5. The molecule has 1 aromatic rings. The van der Waals surface area contributed by atoms with E-state index in [9.17, 15) is 14.4 Å². The third-order valence-electron chi connectivity index (χ3n) is 7.77. The molecule has 3 atom stereocenters. The molecule has 1 aromatic carbocycles. The molecule has 3 amide bonds. The molecule has 0 aromatic heterocycles. The van der Waals surface area contributed by atoms with Crippen LogP contribution in [0.3, 0.4) is 0 Å². The molecule has 2 aliphatic carbocycles. The molecule has 0 radical (unpaired) electrons. The minimum absolute atomic E-state index is 0.0984. The SMILES string of the molecule is NCC1CC(NCc2cccc3c2C(=O)N(C2CCC(=O)NC2=O)C3)C12CCC2. The van der Waals surface area contributed by atoms with Crippen molar-refractivity contribution in [2.45, 2.75) is 63.7 Å². The summed E-state index contributed by atoms with van der Waals surface area (Å²) in [6.07, 6.45) is 5.57. The van der Waals surface area contributed by atoms with Gasteiger partial charge in [-0.05, 0) is 54.7 Å². The second-order valence-electron chi connectivity index (χ2n) is 9.04. The number of nitrogens with zero attached hydrogens (tertiary/aromatic N) is 1. The molecule has 29 heavy (non-hydrogen) atoms. The van der Waals surface area contributed by atoms with Gasteiger partial charge < -0.3 is 16.0 Å². The lowest BCUT2D eigenvalue weighted by atomic mass is 9.47. The van der Waals surface area contributed by atoms with E-state index < -0.39 is 6.04 Å². The lowest BCUT2D eigenvalue weighted by molar-refractivity contribution is -0.136. The molecule has 7 nitrogen and oxygen atoms in total. The fraction of sp³-hybridized carbons (Fsp3) is 0.591. The Morgan fingerprint density at radius 3 is 2.76 bits per heavy atom. The third-order valence-corrected chi connectivity index (χ3v) is 7.77. The van der Waals surface area contributed by atoms with Crippen LogP contribution < -0.4 is 16.4 Å². The van der Waals surface area contributed by atoms with Crippen molar-refractivity contribution in [1.29, 1.82) is 0 Å². The molecule has 0 bridgehead atoms. The Kier molecular flexibility index (Phi) is 4.47. The third kappa shape index (κ3) is 2.82. The Bertz CT molecular complexity index is 879. The molecule has 154 valence electrons. The van der Waals surface area contributed by atoms with Crippen molar-refractivity contribution in [2.24, 2.45) is 17.1 Å². The summed E-state index contributed by atoms with van der Waals surface area (Å²) in [6, 6.07) is 5.86. The zero-order valence-corrected chi connectivity index (χ0v) is 16.6. The largest absolute Gasteiger partial charge is 0.330 e. The van der Waals surface area contributed by atoms with E-state index in [2.05, 4.69) is 10.6 Å². The first kappa shape index (κ1) is 18.8. The summed E-state index contributed by atoms with van der Waals surface area (Å²) in [5.74, 6) is -0.101. The fourth-order valence-electron chi connectivity index (χ4n) is 5.91. The second-order valence-corrected chi connectivity index (χ2v) is 9.04. The highest BCUT2D eigenvalue weighted by Gasteiger charge is 2.57. The molecule has 1 spiro atoms. The van der Waals surface area contributed by atoms with Gasteiger partial charge in [-0.1, -0.05) is 24.6 Å². The average Bonchev–Trinajstić information content (AvgIpc) is 2.97. The van der Waals surface area contributed by atoms with Gasteiger partial charge in [0.15, 0.2) is 0 Å². The van der Waals surface area contributed by atoms with Crippen molar-refractivity contribution < 1.29 is 14.4 Å². The van der Waals surface area contributed by atoms with Gasteiger partial charge in [-0.2, -0.15) is 0 Å². The maximum absolute atomic E-state index is 13.2. The van der Waals surface area contributed by atoms with E-state index in [1.165, 1.54) is 19.3 Å². The number of rotatable bonds is 5. The van der Waals surface area contributed by atoms with Crippen LogP contribution in [0.1, 0.15) is 60.0 Å². The summed E-state index contributed by atoms with van der Waals surface area (Å²) in [5.41, 5.74) is 9.01. The van der Waals surface area contributed by atoms with E-state index in [1.54, 1.807) is 4.90 Å². The van der Waals surface area contributed by atoms with Gasteiger partial charge in [0.1, 0.15) is 6.04 Å². The molecule has 2 saturated carbocycles. The number of carbonyl (C=O) groups excluding carboxylic acids is 3. The number of benzene rings is 1. The van der Waals surface area contributed by atoms with Crippen LogP contribution >= 0.6 is 0 Å². The standard InChI is InChI=1S/C22H28N4O3/c23-10-15-9-17(22(15)7-2-8-22)24-11-13-3-1-4-14-12-26(21(29)19(13)14)16-5-6-18(27)25-20(16)28/h1,3-4,15-17,24H,2,5-12,23H2,(H,25,27,28). The highest BCUT2D eigenvalue weighted by Crippen LogP contribution is 2.59. The molecule has 3 unspecified atom stereocenters. The minimum Gasteiger partial charge on any atom is -0.330 e. The highest BCUT2D eigenvalue weighted by atomic mass is 16.2. The average molecular weight is 396 g/mol. The molecule has 4 N–H and O–H groups in total. The lowest BCUT2D eigenvalue weighted by Crippen LogP contribution is -2.64. The van der Waals surface area contributed by atoms with Crippen molar-refractivity contribution in [3.05, 3.63) is 34.9 Å². The molecule has 1 saturated heterocycles. The maximum Gasteiger partial charge on any atom is 0.255 e. The quantitative estimate of drug-likeness (QED) is 0.646. The molecule has 3 fully saturated rings. The lowest BCUT2D eigenvalue weighted by Gasteiger charge is -2.62. The number of imide groups is 1. The molecule has 2 heterocycles. The fourth-order valence-corrected chi connectivity index (χ4v) is 5.91. The van der Waals surface area contributed by atoms with Gasteiger partial charge in [0.2, 0.25) is 11.8 Å². The number of hydrogen-bond donors (Lipinski definition) is 3. The Morgan fingerprint density at radius 1 is 1.24 bits per heavy atom. The summed E-state index contributed by atoms with van der Waals surface area (Å²) in [6.45, 7) is 1.84. The van der Waals surface area contributed by atoms with E-state index in [0.717, 1.165) is 29.7 Å². The predicted molar refractivity (Wildman–Crippen MR) is 107 cm³/mol. The van der Waals surface area contributed by atoms with Crippen LogP contribution in [-0.4, -0.2) is 41.2 Å². The number of amides is 3. The number of carbonyl (C=O) groups is 3. The van der Waals surface area contributed by atoms with E-state index in [0.29, 0.717) is 36.9 Å². The monoisotopic (exact) mass is 396 g/mol. The van der Waals surface area contributed by atoms with E-state index in [-0.39, 0.29) is 24.1 Å². The Labute approximate surface area is 170 Å². The Balaban J connectivity index is 1.30. The zero-order valence-electron chi connectivity index (χ0n) is 16.6. The van der Waals surface area contributed by atoms with Gasteiger partial charge in [-0.15, -0.1) is 0 Å². The summed E-state index contributed by atoms with van der Waals surface area (Å²) in [5, 5.41) is 6.06.